The summed E-state index contributed by atoms with van der Waals surface area (Å²) in [5.74, 6) is -0.228. The molecule has 2 aromatic rings. The molecule has 1 aromatic carbocycles. The molecular formula is C16H17BrFN3. The third-order valence-corrected chi connectivity index (χ3v) is 4.46. The summed E-state index contributed by atoms with van der Waals surface area (Å²) in [4.78, 5) is 6.41. The van der Waals surface area contributed by atoms with Crippen molar-refractivity contribution >= 4 is 27.3 Å². The first-order valence-corrected chi connectivity index (χ1v) is 7.88. The molecule has 3 nitrogen and oxygen atoms in total. The lowest BCUT2D eigenvalue weighted by atomic mass is 10.0. The summed E-state index contributed by atoms with van der Waals surface area (Å²) < 4.78 is 14.0. The second kappa shape index (κ2) is 6.43. The zero-order valence-corrected chi connectivity index (χ0v) is 13.2. The molecule has 0 aliphatic carbocycles. The van der Waals surface area contributed by atoms with Gasteiger partial charge in [-0.2, -0.15) is 0 Å². The van der Waals surface area contributed by atoms with E-state index in [1.165, 1.54) is 5.69 Å². The van der Waals surface area contributed by atoms with Crippen molar-refractivity contribution in [3.8, 4) is 0 Å². The quantitative estimate of drug-likeness (QED) is 0.905. The van der Waals surface area contributed by atoms with Crippen molar-refractivity contribution in [1.29, 1.82) is 0 Å². The van der Waals surface area contributed by atoms with E-state index < -0.39 is 0 Å². The second-order valence-electron chi connectivity index (χ2n) is 5.24. The number of hydrogen-bond donors (Lipinski definition) is 1. The molecule has 0 unspecified atom stereocenters. The van der Waals surface area contributed by atoms with Crippen LogP contribution in [0.2, 0.25) is 0 Å². The molecule has 0 amide bonds. The number of aromatic nitrogens is 1. The molecule has 1 fully saturated rings. The van der Waals surface area contributed by atoms with Crippen LogP contribution >= 0.6 is 15.9 Å². The van der Waals surface area contributed by atoms with E-state index in [0.29, 0.717) is 10.5 Å². The number of hydrogen-bond acceptors (Lipinski definition) is 3. The number of pyridine rings is 1. The summed E-state index contributed by atoms with van der Waals surface area (Å²) in [5, 5.41) is 3.42. The molecule has 1 saturated heterocycles. The van der Waals surface area contributed by atoms with Crippen LogP contribution < -0.4 is 10.2 Å². The number of anilines is 2. The molecule has 0 bridgehead atoms. The van der Waals surface area contributed by atoms with Gasteiger partial charge in [0.05, 0.1) is 4.47 Å². The van der Waals surface area contributed by atoms with E-state index in [0.717, 1.165) is 31.6 Å². The maximum absolute atomic E-state index is 13.5. The first-order chi connectivity index (χ1) is 10.2. The molecule has 0 atom stereocenters. The molecule has 2 heterocycles. The van der Waals surface area contributed by atoms with Crippen molar-refractivity contribution in [3.05, 3.63) is 53.0 Å². The standard InChI is InChI=1S/C16H17BrFN3/c17-15-2-1-13(11-16(15)18)20-12-5-9-21(10-6-12)14-3-7-19-8-4-14/h1-4,7-8,11-12,20H,5-6,9-10H2. The van der Waals surface area contributed by atoms with Gasteiger partial charge < -0.3 is 10.2 Å². The van der Waals surface area contributed by atoms with Crippen molar-refractivity contribution in [2.24, 2.45) is 0 Å². The van der Waals surface area contributed by atoms with E-state index in [1.807, 2.05) is 30.6 Å². The van der Waals surface area contributed by atoms with Crippen LogP contribution in [-0.2, 0) is 0 Å². The number of nitrogens with one attached hydrogen (secondary N) is 1. The minimum atomic E-state index is -0.228. The Morgan fingerprint density at radius 1 is 1.14 bits per heavy atom. The molecule has 1 aliphatic rings. The fourth-order valence-electron chi connectivity index (χ4n) is 2.66. The van der Waals surface area contributed by atoms with E-state index >= 15 is 0 Å². The van der Waals surface area contributed by atoms with Crippen LogP contribution in [0, 0.1) is 5.82 Å². The third kappa shape index (κ3) is 3.53. The molecule has 0 radical (unpaired) electrons. The Kier molecular flexibility index (Phi) is 4.39. The average molecular weight is 350 g/mol. The SMILES string of the molecule is Fc1cc(NC2CCN(c3ccncc3)CC2)ccc1Br. The predicted molar refractivity (Wildman–Crippen MR) is 87.2 cm³/mol. The van der Waals surface area contributed by atoms with Gasteiger partial charge in [0.2, 0.25) is 0 Å². The molecule has 21 heavy (non-hydrogen) atoms. The molecule has 0 spiro atoms. The molecular weight excluding hydrogens is 333 g/mol. The van der Waals surface area contributed by atoms with Crippen LogP contribution in [0.3, 0.4) is 0 Å². The molecule has 1 aromatic heterocycles. The zero-order chi connectivity index (χ0) is 14.7. The first kappa shape index (κ1) is 14.3. The van der Waals surface area contributed by atoms with Crippen molar-refractivity contribution in [1.82, 2.24) is 4.98 Å². The highest BCUT2D eigenvalue weighted by atomic mass is 79.9. The largest absolute Gasteiger partial charge is 0.382 e. The van der Waals surface area contributed by atoms with E-state index in [2.05, 4.69) is 31.1 Å². The average Bonchev–Trinajstić information content (AvgIpc) is 2.53. The van der Waals surface area contributed by atoms with Crippen molar-refractivity contribution in [3.63, 3.8) is 0 Å². The van der Waals surface area contributed by atoms with Crippen molar-refractivity contribution < 1.29 is 4.39 Å². The first-order valence-electron chi connectivity index (χ1n) is 7.09. The van der Waals surface area contributed by atoms with Gasteiger partial charge in [-0.1, -0.05) is 0 Å². The summed E-state index contributed by atoms with van der Waals surface area (Å²) in [6, 6.07) is 9.66. The van der Waals surface area contributed by atoms with Gasteiger partial charge in [0.25, 0.3) is 0 Å². The number of nitrogens with zero attached hydrogens (tertiary/aromatic N) is 2. The number of rotatable bonds is 3. The number of halogens is 2. The summed E-state index contributed by atoms with van der Waals surface area (Å²) in [6.45, 7) is 2.00. The van der Waals surface area contributed by atoms with E-state index in [1.54, 1.807) is 12.1 Å². The predicted octanol–water partition coefficient (Wildman–Crippen LogP) is 4.06. The highest BCUT2D eigenvalue weighted by molar-refractivity contribution is 9.10. The van der Waals surface area contributed by atoms with Crippen LogP contribution in [0.25, 0.3) is 0 Å². The Labute approximate surface area is 132 Å². The van der Waals surface area contributed by atoms with Gasteiger partial charge in [0, 0.05) is 42.9 Å². The van der Waals surface area contributed by atoms with Gasteiger partial charge in [-0.3, -0.25) is 4.98 Å². The maximum Gasteiger partial charge on any atom is 0.139 e. The maximum atomic E-state index is 13.5. The summed E-state index contributed by atoms with van der Waals surface area (Å²) in [7, 11) is 0. The lowest BCUT2D eigenvalue weighted by Crippen LogP contribution is -2.39. The fraction of sp³-hybridized carbons (Fsp3) is 0.312. The van der Waals surface area contributed by atoms with Gasteiger partial charge in [0.1, 0.15) is 5.82 Å². The summed E-state index contributed by atoms with van der Waals surface area (Å²) in [5.41, 5.74) is 2.07. The molecule has 0 saturated carbocycles. The summed E-state index contributed by atoms with van der Waals surface area (Å²) >= 11 is 3.17. The monoisotopic (exact) mass is 349 g/mol. The second-order valence-corrected chi connectivity index (χ2v) is 6.09. The number of piperidine rings is 1. The lowest BCUT2D eigenvalue weighted by Gasteiger charge is -2.34. The topological polar surface area (TPSA) is 28.2 Å². The van der Waals surface area contributed by atoms with Gasteiger partial charge in [-0.15, -0.1) is 0 Å². The highest BCUT2D eigenvalue weighted by Gasteiger charge is 2.19. The fourth-order valence-corrected chi connectivity index (χ4v) is 2.91. The smallest absolute Gasteiger partial charge is 0.139 e. The Morgan fingerprint density at radius 2 is 1.86 bits per heavy atom. The molecule has 1 N–H and O–H groups in total. The van der Waals surface area contributed by atoms with Gasteiger partial charge in [-0.05, 0) is 59.1 Å². The minimum absolute atomic E-state index is 0.228. The minimum Gasteiger partial charge on any atom is -0.382 e. The lowest BCUT2D eigenvalue weighted by molar-refractivity contribution is 0.526. The van der Waals surface area contributed by atoms with Gasteiger partial charge in [0.15, 0.2) is 0 Å². The third-order valence-electron chi connectivity index (χ3n) is 3.81. The zero-order valence-electron chi connectivity index (χ0n) is 11.6. The molecule has 1 aliphatic heterocycles. The van der Waals surface area contributed by atoms with Crippen molar-refractivity contribution in [2.75, 3.05) is 23.3 Å². The molecule has 5 heteroatoms. The van der Waals surface area contributed by atoms with Gasteiger partial charge in [-0.25, -0.2) is 4.39 Å². The Balaban J connectivity index is 1.57. The normalized spacial score (nSPS) is 16.0. The van der Waals surface area contributed by atoms with Crippen LogP contribution in [0.1, 0.15) is 12.8 Å². The number of benzene rings is 1. The highest BCUT2D eigenvalue weighted by Crippen LogP contribution is 2.24. The Hall–Kier alpha value is -1.62. The van der Waals surface area contributed by atoms with Gasteiger partial charge >= 0.3 is 0 Å². The van der Waals surface area contributed by atoms with Crippen LogP contribution in [0.4, 0.5) is 15.8 Å². The van der Waals surface area contributed by atoms with Crippen LogP contribution in [-0.4, -0.2) is 24.1 Å². The van der Waals surface area contributed by atoms with E-state index in [-0.39, 0.29) is 5.82 Å². The Morgan fingerprint density at radius 3 is 2.52 bits per heavy atom. The molecule has 3 rings (SSSR count). The summed E-state index contributed by atoms with van der Waals surface area (Å²) in [6.07, 6.45) is 5.73. The van der Waals surface area contributed by atoms with Crippen molar-refractivity contribution in [2.45, 2.75) is 18.9 Å². The van der Waals surface area contributed by atoms with Crippen LogP contribution in [0.5, 0.6) is 0 Å². The van der Waals surface area contributed by atoms with E-state index in [4.69, 9.17) is 0 Å². The molecule has 110 valence electrons. The Bertz CT molecular complexity index is 598. The van der Waals surface area contributed by atoms with E-state index in [9.17, 15) is 4.39 Å². The van der Waals surface area contributed by atoms with Crippen LogP contribution in [0.15, 0.2) is 47.2 Å².